The standard InChI is InChI=1S/C14H29N3O3S/c1-12(2)20-9-6-7-16-13(15-5)17-8-10-21(18,19)14(3,4)11-17/h12H,6-11H2,1-5H3,(H,15,16). The molecule has 0 unspecified atom stereocenters. The van der Waals surface area contributed by atoms with Crippen LogP contribution < -0.4 is 5.32 Å². The van der Waals surface area contributed by atoms with Crippen molar-refractivity contribution in [2.75, 3.05) is 39.0 Å². The molecule has 0 amide bonds. The van der Waals surface area contributed by atoms with Gasteiger partial charge in [0, 0.05) is 33.3 Å². The minimum atomic E-state index is -3.02. The molecule has 1 rings (SSSR count). The summed E-state index contributed by atoms with van der Waals surface area (Å²) in [6, 6.07) is 0. The molecule has 1 N–H and O–H groups in total. The number of sulfone groups is 1. The zero-order chi connectivity index (χ0) is 16.1. The van der Waals surface area contributed by atoms with Crippen LogP contribution in [0.1, 0.15) is 34.1 Å². The van der Waals surface area contributed by atoms with Gasteiger partial charge >= 0.3 is 0 Å². The predicted molar refractivity (Wildman–Crippen MR) is 86.5 cm³/mol. The first-order valence-electron chi connectivity index (χ1n) is 7.49. The van der Waals surface area contributed by atoms with Gasteiger partial charge in [-0.3, -0.25) is 4.99 Å². The lowest BCUT2D eigenvalue weighted by molar-refractivity contribution is 0.0775. The first kappa shape index (κ1) is 18.2. The van der Waals surface area contributed by atoms with E-state index in [1.807, 2.05) is 18.7 Å². The monoisotopic (exact) mass is 319 g/mol. The molecule has 0 aliphatic carbocycles. The van der Waals surface area contributed by atoms with Crippen LogP contribution in [0.4, 0.5) is 0 Å². The lowest BCUT2D eigenvalue weighted by Crippen LogP contribution is -2.57. The molecule has 1 heterocycles. The molecule has 1 aliphatic heterocycles. The number of ether oxygens (including phenoxy) is 1. The van der Waals surface area contributed by atoms with Crippen molar-refractivity contribution in [3.8, 4) is 0 Å². The van der Waals surface area contributed by atoms with Crippen molar-refractivity contribution < 1.29 is 13.2 Å². The molecule has 0 spiro atoms. The second-order valence-electron chi connectivity index (χ2n) is 6.25. The molecule has 0 atom stereocenters. The van der Waals surface area contributed by atoms with Crippen LogP contribution in [0.25, 0.3) is 0 Å². The molecular weight excluding hydrogens is 290 g/mol. The maximum Gasteiger partial charge on any atom is 0.193 e. The minimum Gasteiger partial charge on any atom is -0.379 e. The number of rotatable bonds is 5. The van der Waals surface area contributed by atoms with Gasteiger partial charge in [0.05, 0.1) is 16.6 Å². The third-order valence-electron chi connectivity index (χ3n) is 3.61. The molecule has 21 heavy (non-hydrogen) atoms. The van der Waals surface area contributed by atoms with Gasteiger partial charge in [-0.25, -0.2) is 8.42 Å². The maximum atomic E-state index is 12.0. The normalized spacial score (nSPS) is 21.6. The van der Waals surface area contributed by atoms with Crippen LogP contribution in [0.2, 0.25) is 0 Å². The Morgan fingerprint density at radius 1 is 1.43 bits per heavy atom. The second-order valence-corrected chi connectivity index (χ2v) is 8.99. The molecule has 0 radical (unpaired) electrons. The van der Waals surface area contributed by atoms with Crippen molar-refractivity contribution in [3.05, 3.63) is 0 Å². The van der Waals surface area contributed by atoms with Crippen molar-refractivity contribution in [2.45, 2.75) is 45.0 Å². The van der Waals surface area contributed by atoms with Crippen LogP contribution in [0.5, 0.6) is 0 Å². The number of aliphatic imine (C=N–C) groups is 1. The maximum absolute atomic E-state index is 12.0. The van der Waals surface area contributed by atoms with Crippen molar-refractivity contribution in [2.24, 2.45) is 4.99 Å². The van der Waals surface area contributed by atoms with Crippen LogP contribution >= 0.6 is 0 Å². The summed E-state index contributed by atoms with van der Waals surface area (Å²) in [5.41, 5.74) is 0. The van der Waals surface area contributed by atoms with E-state index in [0.29, 0.717) is 19.7 Å². The Bertz CT molecular complexity index is 458. The lowest BCUT2D eigenvalue weighted by Gasteiger charge is -2.39. The van der Waals surface area contributed by atoms with E-state index in [4.69, 9.17) is 4.74 Å². The Hall–Kier alpha value is -0.820. The van der Waals surface area contributed by atoms with Gasteiger partial charge in [-0.15, -0.1) is 0 Å². The SMILES string of the molecule is CN=C(NCCCOC(C)C)N1CCS(=O)(=O)C(C)(C)C1. The smallest absolute Gasteiger partial charge is 0.193 e. The quantitative estimate of drug-likeness (QED) is 0.463. The first-order valence-corrected chi connectivity index (χ1v) is 9.14. The van der Waals surface area contributed by atoms with Crippen LogP contribution in [-0.4, -0.2) is 69.2 Å². The molecule has 0 aromatic rings. The van der Waals surface area contributed by atoms with Gasteiger partial charge in [0.25, 0.3) is 0 Å². The molecule has 124 valence electrons. The summed E-state index contributed by atoms with van der Waals surface area (Å²) < 4.78 is 28.8. The summed E-state index contributed by atoms with van der Waals surface area (Å²) >= 11 is 0. The zero-order valence-electron chi connectivity index (χ0n) is 13.8. The Balaban J connectivity index is 2.47. The number of hydrogen-bond acceptors (Lipinski definition) is 4. The number of nitrogens with one attached hydrogen (secondary N) is 1. The Labute approximate surface area is 128 Å². The minimum absolute atomic E-state index is 0.178. The summed E-state index contributed by atoms with van der Waals surface area (Å²) in [5, 5.41) is 3.28. The molecule has 0 bridgehead atoms. The van der Waals surface area contributed by atoms with E-state index in [1.165, 1.54) is 0 Å². The van der Waals surface area contributed by atoms with Crippen LogP contribution in [0.15, 0.2) is 4.99 Å². The largest absolute Gasteiger partial charge is 0.379 e. The van der Waals surface area contributed by atoms with Gasteiger partial charge in [-0.1, -0.05) is 0 Å². The fraction of sp³-hybridized carbons (Fsp3) is 0.929. The summed E-state index contributed by atoms with van der Waals surface area (Å²) in [6.45, 7) is 10.0. The highest BCUT2D eigenvalue weighted by molar-refractivity contribution is 7.92. The molecule has 0 saturated carbocycles. The Morgan fingerprint density at radius 3 is 2.62 bits per heavy atom. The Kier molecular flexibility index (Phi) is 6.46. The number of nitrogens with zero attached hydrogens (tertiary/aromatic N) is 2. The molecule has 0 aromatic carbocycles. The third-order valence-corrected chi connectivity index (χ3v) is 6.14. The van der Waals surface area contributed by atoms with E-state index in [9.17, 15) is 8.42 Å². The van der Waals surface area contributed by atoms with E-state index in [2.05, 4.69) is 10.3 Å². The van der Waals surface area contributed by atoms with E-state index in [0.717, 1.165) is 18.9 Å². The lowest BCUT2D eigenvalue weighted by atomic mass is 10.2. The average molecular weight is 319 g/mol. The van der Waals surface area contributed by atoms with E-state index in [-0.39, 0.29) is 11.9 Å². The first-order chi connectivity index (χ1) is 9.69. The molecule has 1 saturated heterocycles. The molecule has 1 fully saturated rings. The van der Waals surface area contributed by atoms with Crippen LogP contribution in [0, 0.1) is 0 Å². The van der Waals surface area contributed by atoms with Crippen molar-refractivity contribution >= 4 is 15.8 Å². The molecule has 0 aromatic heterocycles. The second kappa shape index (κ2) is 7.45. The van der Waals surface area contributed by atoms with Gasteiger partial charge in [-0.2, -0.15) is 0 Å². The highest BCUT2D eigenvalue weighted by Crippen LogP contribution is 2.23. The van der Waals surface area contributed by atoms with Crippen molar-refractivity contribution in [3.63, 3.8) is 0 Å². The van der Waals surface area contributed by atoms with Crippen LogP contribution in [0.3, 0.4) is 0 Å². The average Bonchev–Trinajstić information content (AvgIpc) is 2.37. The number of guanidine groups is 1. The van der Waals surface area contributed by atoms with Gasteiger partial charge in [0.15, 0.2) is 15.8 Å². The predicted octanol–water partition coefficient (Wildman–Crippen LogP) is 0.886. The van der Waals surface area contributed by atoms with Crippen molar-refractivity contribution in [1.82, 2.24) is 10.2 Å². The summed E-state index contributed by atoms with van der Waals surface area (Å²) in [4.78, 5) is 6.27. The molecule has 1 aliphatic rings. The molecule has 6 nitrogen and oxygen atoms in total. The Morgan fingerprint density at radius 2 is 2.10 bits per heavy atom. The van der Waals surface area contributed by atoms with Gasteiger partial charge < -0.3 is 15.0 Å². The fourth-order valence-corrected chi connectivity index (χ4v) is 3.61. The van der Waals surface area contributed by atoms with E-state index >= 15 is 0 Å². The van der Waals surface area contributed by atoms with Crippen LogP contribution in [-0.2, 0) is 14.6 Å². The van der Waals surface area contributed by atoms with E-state index in [1.54, 1.807) is 20.9 Å². The highest BCUT2D eigenvalue weighted by atomic mass is 32.2. The zero-order valence-corrected chi connectivity index (χ0v) is 14.7. The van der Waals surface area contributed by atoms with Crippen molar-refractivity contribution in [1.29, 1.82) is 0 Å². The summed E-state index contributed by atoms with van der Waals surface area (Å²) in [5.74, 6) is 0.944. The highest BCUT2D eigenvalue weighted by Gasteiger charge is 2.40. The molecular formula is C14H29N3O3S. The third kappa shape index (κ3) is 5.14. The van der Waals surface area contributed by atoms with Gasteiger partial charge in [0.1, 0.15) is 0 Å². The number of hydrogen-bond donors (Lipinski definition) is 1. The summed E-state index contributed by atoms with van der Waals surface area (Å²) in [7, 11) is -1.29. The van der Waals surface area contributed by atoms with Gasteiger partial charge in [-0.05, 0) is 34.1 Å². The fourth-order valence-electron chi connectivity index (χ4n) is 2.25. The molecule has 7 heteroatoms. The van der Waals surface area contributed by atoms with Gasteiger partial charge in [0.2, 0.25) is 0 Å². The summed E-state index contributed by atoms with van der Waals surface area (Å²) in [6.07, 6.45) is 1.14. The topological polar surface area (TPSA) is 71.0 Å². The van der Waals surface area contributed by atoms with E-state index < -0.39 is 14.6 Å².